The third-order valence-electron chi connectivity index (χ3n) is 2.01. The SMILES string of the molecule is CS(=O)(=O)CCSc1c(N)cccc1C(N)=O. The molecule has 1 aromatic carbocycles. The molecule has 0 aliphatic heterocycles. The van der Waals surface area contributed by atoms with E-state index in [1.165, 1.54) is 11.8 Å². The van der Waals surface area contributed by atoms with E-state index in [1.54, 1.807) is 18.2 Å². The third kappa shape index (κ3) is 4.27. The number of hydrogen-bond acceptors (Lipinski definition) is 5. The molecular weight excluding hydrogens is 260 g/mol. The highest BCUT2D eigenvalue weighted by molar-refractivity contribution is 8.00. The van der Waals surface area contributed by atoms with E-state index in [9.17, 15) is 13.2 Å². The zero-order valence-corrected chi connectivity index (χ0v) is 11.0. The van der Waals surface area contributed by atoms with Gasteiger partial charge in [-0.25, -0.2) is 8.42 Å². The summed E-state index contributed by atoms with van der Waals surface area (Å²) in [5, 5.41) is 0. The summed E-state index contributed by atoms with van der Waals surface area (Å²) in [5.41, 5.74) is 11.7. The molecular formula is C10H14N2O3S2. The van der Waals surface area contributed by atoms with E-state index in [0.717, 1.165) is 6.26 Å². The molecule has 0 atom stereocenters. The molecule has 1 amide bonds. The van der Waals surface area contributed by atoms with Gasteiger partial charge in [-0.15, -0.1) is 11.8 Å². The molecule has 1 rings (SSSR count). The second-order valence-electron chi connectivity index (χ2n) is 3.57. The van der Waals surface area contributed by atoms with Crippen LogP contribution in [0.2, 0.25) is 0 Å². The predicted molar refractivity (Wildman–Crippen MR) is 69.8 cm³/mol. The van der Waals surface area contributed by atoms with E-state index in [0.29, 0.717) is 21.9 Å². The first-order chi connectivity index (χ1) is 7.81. The average Bonchev–Trinajstić information content (AvgIpc) is 2.18. The molecule has 0 heterocycles. The van der Waals surface area contributed by atoms with Crippen molar-refractivity contribution in [2.24, 2.45) is 5.73 Å². The second-order valence-corrected chi connectivity index (χ2v) is 6.93. The number of primary amides is 1. The van der Waals surface area contributed by atoms with Crippen molar-refractivity contribution < 1.29 is 13.2 Å². The van der Waals surface area contributed by atoms with Gasteiger partial charge in [-0.2, -0.15) is 0 Å². The van der Waals surface area contributed by atoms with Crippen LogP contribution in [-0.2, 0) is 9.84 Å². The zero-order valence-electron chi connectivity index (χ0n) is 9.34. The highest BCUT2D eigenvalue weighted by Crippen LogP contribution is 2.28. The van der Waals surface area contributed by atoms with Crippen molar-refractivity contribution in [3.05, 3.63) is 23.8 Å². The van der Waals surface area contributed by atoms with Gasteiger partial charge >= 0.3 is 0 Å². The van der Waals surface area contributed by atoms with E-state index in [-0.39, 0.29) is 5.75 Å². The Bertz CT molecular complexity index is 526. The molecule has 94 valence electrons. The Kier molecular flexibility index (Phi) is 4.41. The van der Waals surface area contributed by atoms with Crippen LogP contribution in [-0.4, -0.2) is 32.1 Å². The van der Waals surface area contributed by atoms with E-state index in [2.05, 4.69) is 0 Å². The maximum Gasteiger partial charge on any atom is 0.249 e. The first kappa shape index (κ1) is 13.9. The molecule has 0 bridgehead atoms. The quantitative estimate of drug-likeness (QED) is 0.601. The second kappa shape index (κ2) is 5.42. The Morgan fingerprint density at radius 3 is 2.59 bits per heavy atom. The summed E-state index contributed by atoms with van der Waals surface area (Å²) < 4.78 is 22.0. The smallest absolute Gasteiger partial charge is 0.249 e. The van der Waals surface area contributed by atoms with Crippen LogP contribution in [0, 0.1) is 0 Å². The summed E-state index contributed by atoms with van der Waals surface area (Å²) in [6, 6.07) is 4.85. The van der Waals surface area contributed by atoms with Gasteiger partial charge in [0, 0.05) is 22.6 Å². The molecule has 5 nitrogen and oxygen atoms in total. The van der Waals surface area contributed by atoms with Crippen molar-refractivity contribution in [2.45, 2.75) is 4.90 Å². The maximum atomic E-state index is 11.2. The fourth-order valence-corrected chi connectivity index (χ4v) is 3.51. The normalized spacial score (nSPS) is 11.4. The van der Waals surface area contributed by atoms with Crippen LogP contribution in [0.5, 0.6) is 0 Å². The number of nitrogens with two attached hydrogens (primary N) is 2. The molecule has 0 aromatic heterocycles. The van der Waals surface area contributed by atoms with Crippen LogP contribution in [0.4, 0.5) is 5.69 Å². The largest absolute Gasteiger partial charge is 0.398 e. The van der Waals surface area contributed by atoms with Gasteiger partial charge < -0.3 is 11.5 Å². The monoisotopic (exact) mass is 274 g/mol. The van der Waals surface area contributed by atoms with Gasteiger partial charge in [-0.1, -0.05) is 6.07 Å². The van der Waals surface area contributed by atoms with Gasteiger partial charge in [-0.3, -0.25) is 4.79 Å². The molecule has 0 fully saturated rings. The lowest BCUT2D eigenvalue weighted by Gasteiger charge is -2.08. The Balaban J connectivity index is 2.86. The molecule has 1 aromatic rings. The van der Waals surface area contributed by atoms with Gasteiger partial charge in [0.1, 0.15) is 9.84 Å². The Morgan fingerprint density at radius 1 is 1.41 bits per heavy atom. The molecule has 0 radical (unpaired) electrons. The number of nitrogen functional groups attached to an aromatic ring is 1. The minimum absolute atomic E-state index is 0.0319. The molecule has 0 spiro atoms. The number of amides is 1. The topological polar surface area (TPSA) is 103 Å². The summed E-state index contributed by atoms with van der Waals surface area (Å²) >= 11 is 1.22. The van der Waals surface area contributed by atoms with E-state index in [1.807, 2.05) is 0 Å². The first-order valence-corrected chi connectivity index (χ1v) is 7.84. The molecule has 7 heteroatoms. The average molecular weight is 274 g/mol. The fourth-order valence-electron chi connectivity index (χ4n) is 1.21. The number of hydrogen-bond donors (Lipinski definition) is 2. The van der Waals surface area contributed by atoms with Gasteiger partial charge in [0.25, 0.3) is 0 Å². The summed E-state index contributed by atoms with van der Waals surface area (Å²) in [4.78, 5) is 11.7. The van der Waals surface area contributed by atoms with Crippen molar-refractivity contribution in [2.75, 3.05) is 23.5 Å². The maximum absolute atomic E-state index is 11.2. The number of thioether (sulfide) groups is 1. The van der Waals surface area contributed by atoms with E-state index in [4.69, 9.17) is 11.5 Å². The molecule has 17 heavy (non-hydrogen) atoms. The van der Waals surface area contributed by atoms with Crippen LogP contribution in [0.15, 0.2) is 23.1 Å². The Morgan fingerprint density at radius 2 is 2.06 bits per heavy atom. The third-order valence-corrected chi connectivity index (χ3v) is 4.37. The number of rotatable bonds is 5. The van der Waals surface area contributed by atoms with Gasteiger partial charge in [-0.05, 0) is 12.1 Å². The first-order valence-electron chi connectivity index (χ1n) is 4.80. The summed E-state index contributed by atoms with van der Waals surface area (Å²) in [6.45, 7) is 0. The molecule has 0 saturated carbocycles. The predicted octanol–water partition coefficient (Wildman–Crippen LogP) is 0.504. The lowest BCUT2D eigenvalue weighted by Crippen LogP contribution is -2.13. The van der Waals surface area contributed by atoms with Crippen LogP contribution in [0.3, 0.4) is 0 Å². The van der Waals surface area contributed by atoms with Gasteiger partial charge in [0.2, 0.25) is 5.91 Å². The number of anilines is 1. The Labute approximate surface area is 104 Å². The van der Waals surface area contributed by atoms with Crippen LogP contribution in [0.1, 0.15) is 10.4 Å². The standard InChI is InChI=1S/C10H14N2O3S2/c1-17(14,15)6-5-16-9-7(10(12)13)3-2-4-8(9)11/h2-4H,5-6,11H2,1H3,(H2,12,13). The van der Waals surface area contributed by atoms with E-state index >= 15 is 0 Å². The lowest BCUT2D eigenvalue weighted by molar-refractivity contribution is 0.0997. The minimum Gasteiger partial charge on any atom is -0.398 e. The number of sulfone groups is 1. The highest BCUT2D eigenvalue weighted by Gasteiger charge is 2.12. The highest BCUT2D eigenvalue weighted by atomic mass is 32.2. The van der Waals surface area contributed by atoms with Gasteiger partial charge in [0.15, 0.2) is 0 Å². The zero-order chi connectivity index (χ0) is 13.1. The summed E-state index contributed by atoms with van der Waals surface area (Å²) in [7, 11) is -3.02. The number of carbonyl (C=O) groups excluding carboxylic acids is 1. The van der Waals surface area contributed by atoms with Crippen molar-refractivity contribution in [1.29, 1.82) is 0 Å². The van der Waals surface area contributed by atoms with Crippen LogP contribution >= 0.6 is 11.8 Å². The van der Waals surface area contributed by atoms with Crippen LogP contribution < -0.4 is 11.5 Å². The van der Waals surface area contributed by atoms with Crippen molar-refractivity contribution in [1.82, 2.24) is 0 Å². The Hall–Kier alpha value is -1.21. The fraction of sp³-hybridized carbons (Fsp3) is 0.300. The summed E-state index contributed by atoms with van der Waals surface area (Å²) in [6.07, 6.45) is 1.16. The van der Waals surface area contributed by atoms with Crippen molar-refractivity contribution >= 4 is 33.2 Å². The number of carbonyl (C=O) groups is 1. The van der Waals surface area contributed by atoms with Gasteiger partial charge in [0.05, 0.1) is 11.3 Å². The summed E-state index contributed by atoms with van der Waals surface area (Å²) in [5.74, 6) is -0.198. The number of benzene rings is 1. The molecule has 0 aliphatic rings. The minimum atomic E-state index is -3.02. The van der Waals surface area contributed by atoms with Crippen molar-refractivity contribution in [3.63, 3.8) is 0 Å². The molecule has 0 aliphatic carbocycles. The molecule has 4 N–H and O–H groups in total. The van der Waals surface area contributed by atoms with Crippen LogP contribution in [0.25, 0.3) is 0 Å². The molecule has 0 saturated heterocycles. The van der Waals surface area contributed by atoms with E-state index < -0.39 is 15.7 Å². The molecule has 0 unspecified atom stereocenters. The lowest BCUT2D eigenvalue weighted by atomic mass is 10.2. The van der Waals surface area contributed by atoms with Crippen molar-refractivity contribution in [3.8, 4) is 0 Å².